The Morgan fingerprint density at radius 3 is 2.44 bits per heavy atom. The van der Waals surface area contributed by atoms with Crippen LogP contribution in [0.25, 0.3) is 10.8 Å². The molecule has 0 amide bonds. The number of benzene rings is 3. The average molecular weight is 333 g/mol. The van der Waals surface area contributed by atoms with Crippen molar-refractivity contribution in [1.29, 1.82) is 5.26 Å². The van der Waals surface area contributed by atoms with Crippen molar-refractivity contribution in [3.63, 3.8) is 0 Å². The van der Waals surface area contributed by atoms with Gasteiger partial charge in [-0.15, -0.1) is 0 Å². The number of nitrogens with zero attached hydrogens (tertiary/aromatic N) is 1. The van der Waals surface area contributed by atoms with Crippen LogP contribution in [0.3, 0.4) is 0 Å². The van der Waals surface area contributed by atoms with Gasteiger partial charge in [0.2, 0.25) is 0 Å². The summed E-state index contributed by atoms with van der Waals surface area (Å²) in [5.74, 6) is 1.18. The zero-order chi connectivity index (χ0) is 17.5. The monoisotopic (exact) mass is 333 g/mol. The van der Waals surface area contributed by atoms with Gasteiger partial charge in [0, 0.05) is 12.5 Å². The fourth-order valence-electron chi connectivity index (χ4n) is 2.66. The van der Waals surface area contributed by atoms with Crippen LogP contribution in [-0.2, 0) is 6.42 Å². The first-order chi connectivity index (χ1) is 12.2. The number of hydrogen-bond donors (Lipinski definition) is 1. The van der Waals surface area contributed by atoms with E-state index < -0.39 is 6.10 Å². The van der Waals surface area contributed by atoms with Gasteiger partial charge in [-0.3, -0.25) is 0 Å². The van der Waals surface area contributed by atoms with E-state index >= 15 is 0 Å². The molecule has 1 atom stereocenters. The molecule has 0 spiro atoms. The van der Waals surface area contributed by atoms with Crippen molar-refractivity contribution >= 4 is 10.8 Å². The maximum atomic E-state index is 10.2. The minimum atomic E-state index is -0.607. The molecular formula is C21H19NO3. The van der Waals surface area contributed by atoms with E-state index in [-0.39, 0.29) is 13.2 Å². The van der Waals surface area contributed by atoms with E-state index in [4.69, 9.17) is 14.7 Å². The molecule has 0 aliphatic rings. The van der Waals surface area contributed by atoms with Crippen molar-refractivity contribution in [3.8, 4) is 17.6 Å². The van der Waals surface area contributed by atoms with Crippen LogP contribution in [-0.4, -0.2) is 24.4 Å². The van der Waals surface area contributed by atoms with Crippen LogP contribution >= 0.6 is 0 Å². The molecule has 4 nitrogen and oxygen atoms in total. The van der Waals surface area contributed by atoms with E-state index in [0.717, 1.165) is 10.9 Å². The summed E-state index contributed by atoms with van der Waals surface area (Å²) in [6.07, 6.45) is -0.0834. The van der Waals surface area contributed by atoms with Gasteiger partial charge >= 0.3 is 0 Å². The second-order valence-corrected chi connectivity index (χ2v) is 5.77. The highest BCUT2D eigenvalue weighted by atomic mass is 16.5. The van der Waals surface area contributed by atoms with E-state index in [1.54, 1.807) is 24.3 Å². The highest BCUT2D eigenvalue weighted by molar-refractivity contribution is 5.82. The summed E-state index contributed by atoms with van der Waals surface area (Å²) in [5, 5.41) is 21.1. The van der Waals surface area contributed by atoms with E-state index in [1.807, 2.05) is 24.3 Å². The molecular weight excluding hydrogens is 314 g/mol. The number of rotatable bonds is 7. The average Bonchev–Trinajstić information content (AvgIpc) is 2.65. The number of ether oxygens (including phenoxy) is 2. The van der Waals surface area contributed by atoms with Crippen molar-refractivity contribution in [3.05, 3.63) is 72.3 Å². The van der Waals surface area contributed by atoms with Crippen LogP contribution in [0.1, 0.15) is 5.56 Å². The van der Waals surface area contributed by atoms with Crippen molar-refractivity contribution < 1.29 is 14.6 Å². The Balaban J connectivity index is 1.57. The lowest BCUT2D eigenvalue weighted by Gasteiger charge is -2.13. The molecule has 4 heteroatoms. The zero-order valence-corrected chi connectivity index (χ0v) is 13.8. The number of nitriles is 1. The molecule has 0 aliphatic heterocycles. The van der Waals surface area contributed by atoms with Crippen molar-refractivity contribution in [1.82, 2.24) is 0 Å². The molecule has 0 saturated heterocycles. The highest BCUT2D eigenvalue weighted by Gasteiger charge is 2.08. The third-order valence-corrected chi connectivity index (χ3v) is 3.84. The molecule has 0 aliphatic carbocycles. The van der Waals surface area contributed by atoms with Gasteiger partial charge < -0.3 is 14.6 Å². The topological polar surface area (TPSA) is 62.5 Å². The van der Waals surface area contributed by atoms with Gasteiger partial charge in [-0.2, -0.15) is 5.26 Å². The van der Waals surface area contributed by atoms with Crippen LogP contribution < -0.4 is 9.47 Å². The van der Waals surface area contributed by atoms with Gasteiger partial charge in [0.1, 0.15) is 24.2 Å². The zero-order valence-electron chi connectivity index (χ0n) is 13.8. The molecule has 1 N–H and O–H groups in total. The lowest BCUT2D eigenvalue weighted by molar-refractivity contribution is 0.107. The molecule has 25 heavy (non-hydrogen) atoms. The number of aliphatic hydroxyl groups excluding tert-OH is 1. The molecule has 0 saturated carbocycles. The van der Waals surface area contributed by atoms with Gasteiger partial charge in [0.05, 0.1) is 6.10 Å². The van der Waals surface area contributed by atoms with Gasteiger partial charge in [-0.05, 0) is 28.5 Å². The summed E-state index contributed by atoms with van der Waals surface area (Å²) >= 11 is 0. The molecule has 1 unspecified atom stereocenters. The van der Waals surface area contributed by atoms with Crippen LogP contribution in [0.4, 0.5) is 0 Å². The first-order valence-corrected chi connectivity index (χ1v) is 8.13. The lowest BCUT2D eigenvalue weighted by atomic mass is 10.0. The Morgan fingerprint density at radius 2 is 1.64 bits per heavy atom. The summed E-state index contributed by atoms with van der Waals surface area (Å²) in [5.41, 5.74) is 1.07. The number of fused-ring (bicyclic) bond motifs is 1. The Bertz CT molecular complexity index is 885. The largest absolute Gasteiger partial charge is 0.491 e. The highest BCUT2D eigenvalue weighted by Crippen LogP contribution is 2.20. The quantitative estimate of drug-likeness (QED) is 0.716. The second-order valence-electron chi connectivity index (χ2n) is 5.77. The van der Waals surface area contributed by atoms with Crippen molar-refractivity contribution in [2.24, 2.45) is 0 Å². The van der Waals surface area contributed by atoms with E-state index in [9.17, 15) is 5.11 Å². The van der Waals surface area contributed by atoms with Gasteiger partial charge in [-0.1, -0.05) is 48.5 Å². The standard InChI is InChI=1S/C21H19NO3/c22-10-11-24-20-6-3-7-21(14-20)25-15-19(23)13-16-8-9-17-4-1-2-5-18(17)12-16/h1-9,12,14,19,23H,11,13,15H2. The van der Waals surface area contributed by atoms with Crippen LogP contribution in [0.2, 0.25) is 0 Å². The minimum absolute atomic E-state index is 0.00591. The smallest absolute Gasteiger partial charge is 0.174 e. The van der Waals surface area contributed by atoms with E-state index in [0.29, 0.717) is 17.9 Å². The van der Waals surface area contributed by atoms with Gasteiger partial charge in [0.25, 0.3) is 0 Å². The molecule has 126 valence electrons. The molecule has 0 fully saturated rings. The summed E-state index contributed by atoms with van der Waals surface area (Å²) in [6, 6.07) is 23.3. The Kier molecular flexibility index (Phi) is 5.50. The maximum Gasteiger partial charge on any atom is 0.174 e. The predicted octanol–water partition coefficient (Wildman–Crippen LogP) is 3.72. The lowest BCUT2D eigenvalue weighted by Crippen LogP contribution is -2.20. The number of hydrogen-bond acceptors (Lipinski definition) is 4. The number of aliphatic hydroxyl groups is 1. The minimum Gasteiger partial charge on any atom is -0.491 e. The Morgan fingerprint density at radius 1 is 0.880 bits per heavy atom. The third-order valence-electron chi connectivity index (χ3n) is 3.84. The maximum absolute atomic E-state index is 10.2. The molecule has 0 heterocycles. The summed E-state index contributed by atoms with van der Waals surface area (Å²) in [4.78, 5) is 0. The van der Waals surface area contributed by atoms with Gasteiger partial charge in [0.15, 0.2) is 6.61 Å². The van der Waals surface area contributed by atoms with E-state index in [1.165, 1.54) is 5.39 Å². The Hall–Kier alpha value is -3.03. The molecule has 0 bridgehead atoms. The van der Waals surface area contributed by atoms with E-state index in [2.05, 4.69) is 24.3 Å². The van der Waals surface area contributed by atoms with Crippen LogP contribution in [0.15, 0.2) is 66.7 Å². The molecule has 0 radical (unpaired) electrons. The first kappa shape index (κ1) is 16.8. The Labute approximate surface area is 146 Å². The fourth-order valence-corrected chi connectivity index (χ4v) is 2.66. The first-order valence-electron chi connectivity index (χ1n) is 8.13. The molecule has 3 aromatic carbocycles. The molecule has 3 rings (SSSR count). The molecule has 0 aromatic heterocycles. The third kappa shape index (κ3) is 4.72. The summed E-state index contributed by atoms with van der Waals surface area (Å²) in [7, 11) is 0. The second kappa shape index (κ2) is 8.18. The predicted molar refractivity (Wildman–Crippen MR) is 96.7 cm³/mol. The fraction of sp³-hybridized carbons (Fsp3) is 0.190. The van der Waals surface area contributed by atoms with Crippen molar-refractivity contribution in [2.45, 2.75) is 12.5 Å². The summed E-state index contributed by atoms with van der Waals surface area (Å²) in [6.45, 7) is 0.183. The summed E-state index contributed by atoms with van der Waals surface area (Å²) < 4.78 is 10.9. The van der Waals surface area contributed by atoms with Crippen LogP contribution in [0, 0.1) is 11.3 Å². The molecule has 3 aromatic rings. The SMILES string of the molecule is N#CCOc1cccc(OCC(O)Cc2ccc3ccccc3c2)c1. The van der Waals surface area contributed by atoms with Gasteiger partial charge in [-0.25, -0.2) is 0 Å². The van der Waals surface area contributed by atoms with Crippen LogP contribution in [0.5, 0.6) is 11.5 Å². The van der Waals surface area contributed by atoms with Crippen molar-refractivity contribution in [2.75, 3.05) is 13.2 Å². The normalized spacial score (nSPS) is 11.7.